The van der Waals surface area contributed by atoms with E-state index in [1.54, 1.807) is 12.4 Å². The summed E-state index contributed by atoms with van der Waals surface area (Å²) in [5.41, 5.74) is 2.85. The minimum atomic E-state index is -0.518. The lowest BCUT2D eigenvalue weighted by molar-refractivity contribution is 0.0874. The standard InChI is InChI=1S/C20H24N4O2/c1-2-14-5-3-6-15-16(11-21-19(14)15)20(26)23-17-9-13(10-18(17)25)12-24-8-4-7-22-24/h3-8,11,13,17-18,21,25H,2,9-10,12H2,1H3,(H,23,26)/t13?,17-,18-/m1/s1. The summed E-state index contributed by atoms with van der Waals surface area (Å²) >= 11 is 0. The van der Waals surface area contributed by atoms with E-state index in [1.165, 1.54) is 5.56 Å². The Morgan fingerprint density at radius 1 is 1.38 bits per heavy atom. The maximum atomic E-state index is 12.8. The molecule has 6 nitrogen and oxygen atoms in total. The molecule has 136 valence electrons. The number of hydrogen-bond donors (Lipinski definition) is 3. The van der Waals surface area contributed by atoms with Gasteiger partial charge in [0.2, 0.25) is 0 Å². The minimum absolute atomic E-state index is 0.131. The van der Waals surface area contributed by atoms with Crippen LogP contribution in [0.15, 0.2) is 42.9 Å². The molecule has 0 radical (unpaired) electrons. The SMILES string of the molecule is CCc1cccc2c(C(=O)N[C@@H]3CC(Cn4cccn4)C[C@H]3O)c[nH]c12. The Labute approximate surface area is 152 Å². The number of nitrogens with one attached hydrogen (secondary N) is 2. The van der Waals surface area contributed by atoms with Gasteiger partial charge in [-0.2, -0.15) is 5.10 Å². The predicted molar refractivity (Wildman–Crippen MR) is 99.9 cm³/mol. The lowest BCUT2D eigenvalue weighted by Crippen LogP contribution is -2.39. The summed E-state index contributed by atoms with van der Waals surface area (Å²) in [7, 11) is 0. The van der Waals surface area contributed by atoms with Crippen LogP contribution < -0.4 is 5.32 Å². The first kappa shape index (κ1) is 16.8. The molecule has 26 heavy (non-hydrogen) atoms. The second-order valence-corrected chi connectivity index (χ2v) is 7.11. The maximum Gasteiger partial charge on any atom is 0.253 e. The average Bonchev–Trinajstić information content (AvgIpc) is 3.35. The van der Waals surface area contributed by atoms with E-state index < -0.39 is 6.10 Å². The number of benzene rings is 1. The van der Waals surface area contributed by atoms with Crippen LogP contribution in [0.2, 0.25) is 0 Å². The molecular weight excluding hydrogens is 328 g/mol. The molecule has 1 aliphatic rings. The van der Waals surface area contributed by atoms with Crippen molar-refractivity contribution in [3.05, 3.63) is 54.0 Å². The van der Waals surface area contributed by atoms with Crippen molar-refractivity contribution in [3.63, 3.8) is 0 Å². The van der Waals surface area contributed by atoms with Crippen LogP contribution in [0.5, 0.6) is 0 Å². The Morgan fingerprint density at radius 2 is 2.27 bits per heavy atom. The van der Waals surface area contributed by atoms with E-state index in [0.29, 0.717) is 17.9 Å². The number of rotatable bonds is 5. The fourth-order valence-corrected chi connectivity index (χ4v) is 4.04. The summed E-state index contributed by atoms with van der Waals surface area (Å²) in [5, 5.41) is 18.6. The van der Waals surface area contributed by atoms with E-state index in [1.807, 2.05) is 29.1 Å². The predicted octanol–water partition coefficient (Wildman–Crippen LogP) is 2.50. The summed E-state index contributed by atoms with van der Waals surface area (Å²) in [6, 6.07) is 7.69. The van der Waals surface area contributed by atoms with Gasteiger partial charge in [-0.1, -0.05) is 25.1 Å². The summed E-state index contributed by atoms with van der Waals surface area (Å²) < 4.78 is 1.88. The van der Waals surface area contributed by atoms with Crippen LogP contribution >= 0.6 is 0 Å². The molecule has 1 amide bonds. The number of aromatic nitrogens is 3. The van der Waals surface area contributed by atoms with Crippen molar-refractivity contribution in [1.29, 1.82) is 0 Å². The summed E-state index contributed by atoms with van der Waals surface area (Å²) in [6.45, 7) is 2.87. The molecule has 4 rings (SSSR count). The van der Waals surface area contributed by atoms with E-state index in [0.717, 1.165) is 30.3 Å². The number of aromatic amines is 1. The van der Waals surface area contributed by atoms with Gasteiger partial charge < -0.3 is 15.4 Å². The molecule has 1 aliphatic carbocycles. The molecule has 1 fully saturated rings. The zero-order valence-corrected chi connectivity index (χ0v) is 14.9. The smallest absolute Gasteiger partial charge is 0.253 e. The van der Waals surface area contributed by atoms with E-state index in [2.05, 4.69) is 28.4 Å². The van der Waals surface area contributed by atoms with Crippen LogP contribution in [0, 0.1) is 5.92 Å². The number of hydrogen-bond acceptors (Lipinski definition) is 3. The van der Waals surface area contributed by atoms with Crippen molar-refractivity contribution in [1.82, 2.24) is 20.1 Å². The average molecular weight is 352 g/mol. The fourth-order valence-electron chi connectivity index (χ4n) is 4.04. The Bertz CT molecular complexity index is 900. The third-order valence-electron chi connectivity index (χ3n) is 5.37. The summed E-state index contributed by atoms with van der Waals surface area (Å²) in [6.07, 6.45) is 7.28. The highest BCUT2D eigenvalue weighted by Crippen LogP contribution is 2.28. The monoisotopic (exact) mass is 352 g/mol. The lowest BCUT2D eigenvalue weighted by atomic mass is 10.1. The molecule has 6 heteroatoms. The number of amides is 1. The van der Waals surface area contributed by atoms with Gasteiger partial charge in [-0.25, -0.2) is 0 Å². The second kappa shape index (κ2) is 6.96. The summed E-state index contributed by atoms with van der Waals surface area (Å²) in [5.74, 6) is 0.179. The zero-order valence-electron chi connectivity index (χ0n) is 14.9. The van der Waals surface area contributed by atoms with Gasteiger partial charge in [0, 0.05) is 36.0 Å². The van der Waals surface area contributed by atoms with Gasteiger partial charge in [-0.3, -0.25) is 9.48 Å². The highest BCUT2D eigenvalue weighted by molar-refractivity contribution is 6.07. The van der Waals surface area contributed by atoms with Crippen LogP contribution in [-0.4, -0.2) is 37.9 Å². The van der Waals surface area contributed by atoms with Gasteiger partial charge in [-0.15, -0.1) is 0 Å². The van der Waals surface area contributed by atoms with E-state index in [4.69, 9.17) is 0 Å². The van der Waals surface area contributed by atoms with Crippen LogP contribution in [-0.2, 0) is 13.0 Å². The topological polar surface area (TPSA) is 82.9 Å². The van der Waals surface area contributed by atoms with Crippen LogP contribution in [0.4, 0.5) is 0 Å². The maximum absolute atomic E-state index is 12.8. The first-order valence-corrected chi connectivity index (χ1v) is 9.21. The van der Waals surface area contributed by atoms with Crippen molar-refractivity contribution in [2.75, 3.05) is 0 Å². The fraction of sp³-hybridized carbons (Fsp3) is 0.400. The van der Waals surface area contributed by atoms with E-state index in [-0.39, 0.29) is 11.9 Å². The number of aliphatic hydroxyl groups excluding tert-OH is 1. The Kier molecular flexibility index (Phi) is 4.51. The van der Waals surface area contributed by atoms with Crippen molar-refractivity contribution < 1.29 is 9.90 Å². The van der Waals surface area contributed by atoms with Crippen molar-refractivity contribution in [2.45, 2.75) is 44.9 Å². The van der Waals surface area contributed by atoms with Crippen LogP contribution in [0.1, 0.15) is 35.7 Å². The molecule has 0 bridgehead atoms. The molecule has 1 unspecified atom stereocenters. The van der Waals surface area contributed by atoms with Crippen molar-refractivity contribution >= 4 is 16.8 Å². The molecule has 0 saturated heterocycles. The number of fused-ring (bicyclic) bond motifs is 1. The van der Waals surface area contributed by atoms with Crippen molar-refractivity contribution in [2.24, 2.45) is 5.92 Å². The minimum Gasteiger partial charge on any atom is -0.391 e. The number of aryl methyl sites for hydroxylation is 1. The first-order chi connectivity index (χ1) is 12.7. The van der Waals surface area contributed by atoms with Gasteiger partial charge in [-0.05, 0) is 36.8 Å². The number of para-hydroxylation sites is 1. The molecule has 3 atom stereocenters. The third-order valence-corrected chi connectivity index (χ3v) is 5.37. The Hall–Kier alpha value is -2.60. The molecule has 1 aromatic carbocycles. The number of H-pyrrole nitrogens is 1. The van der Waals surface area contributed by atoms with Gasteiger partial charge in [0.15, 0.2) is 0 Å². The molecule has 3 N–H and O–H groups in total. The highest BCUT2D eigenvalue weighted by atomic mass is 16.3. The number of nitrogens with zero attached hydrogens (tertiary/aromatic N) is 2. The first-order valence-electron chi connectivity index (χ1n) is 9.21. The Balaban J connectivity index is 1.46. The summed E-state index contributed by atoms with van der Waals surface area (Å²) in [4.78, 5) is 16.0. The lowest BCUT2D eigenvalue weighted by Gasteiger charge is -2.16. The number of carbonyl (C=O) groups excluding carboxylic acids is 1. The molecule has 0 spiro atoms. The van der Waals surface area contributed by atoms with Gasteiger partial charge in [0.1, 0.15) is 0 Å². The molecular formula is C20H24N4O2. The molecule has 2 aromatic heterocycles. The molecule has 1 saturated carbocycles. The quantitative estimate of drug-likeness (QED) is 0.660. The van der Waals surface area contributed by atoms with E-state index in [9.17, 15) is 9.90 Å². The zero-order chi connectivity index (χ0) is 18.1. The van der Waals surface area contributed by atoms with Gasteiger partial charge in [0.05, 0.1) is 17.7 Å². The number of carbonyl (C=O) groups is 1. The molecule has 3 aromatic rings. The third kappa shape index (κ3) is 3.12. The van der Waals surface area contributed by atoms with Crippen LogP contribution in [0.3, 0.4) is 0 Å². The normalized spacial score (nSPS) is 22.8. The highest BCUT2D eigenvalue weighted by Gasteiger charge is 2.34. The van der Waals surface area contributed by atoms with Gasteiger partial charge in [0.25, 0.3) is 5.91 Å². The molecule has 0 aliphatic heterocycles. The van der Waals surface area contributed by atoms with Gasteiger partial charge >= 0.3 is 0 Å². The van der Waals surface area contributed by atoms with Crippen LogP contribution in [0.25, 0.3) is 10.9 Å². The van der Waals surface area contributed by atoms with Crippen molar-refractivity contribution in [3.8, 4) is 0 Å². The number of aliphatic hydroxyl groups is 1. The van der Waals surface area contributed by atoms with E-state index >= 15 is 0 Å². The Morgan fingerprint density at radius 3 is 3.04 bits per heavy atom. The molecule has 2 heterocycles. The second-order valence-electron chi connectivity index (χ2n) is 7.11. The largest absolute Gasteiger partial charge is 0.391 e.